The van der Waals surface area contributed by atoms with Gasteiger partial charge < -0.3 is 37.0 Å². The minimum Gasteiger partial charge on any atom is -0.508 e. The van der Waals surface area contributed by atoms with Crippen molar-refractivity contribution in [2.45, 2.75) is 64.7 Å². The monoisotopic (exact) mass is 480 g/mol. The summed E-state index contributed by atoms with van der Waals surface area (Å²) in [5, 5.41) is 35.6. The van der Waals surface area contributed by atoms with Crippen molar-refractivity contribution in [3.63, 3.8) is 0 Å². The molecular weight excluding hydrogens is 444 g/mol. The Hall–Kier alpha value is -3.18. The summed E-state index contributed by atoms with van der Waals surface area (Å²) < 4.78 is 0. The van der Waals surface area contributed by atoms with E-state index < -0.39 is 60.4 Å². The van der Waals surface area contributed by atoms with Gasteiger partial charge in [0.25, 0.3) is 0 Å². The van der Waals surface area contributed by atoms with Crippen LogP contribution in [-0.2, 0) is 25.6 Å². The second-order valence-electron chi connectivity index (χ2n) is 8.98. The zero-order chi connectivity index (χ0) is 26.0. The second kappa shape index (κ2) is 13.5. The number of rotatable bonds is 13. The highest BCUT2D eigenvalue weighted by Gasteiger charge is 2.31. The molecule has 0 aliphatic carbocycles. The number of nitrogens with two attached hydrogens (primary N) is 1. The number of aromatic hydroxyl groups is 1. The number of carbonyl (C=O) groups is 4. The van der Waals surface area contributed by atoms with E-state index in [1.165, 1.54) is 12.1 Å². The van der Waals surface area contributed by atoms with E-state index in [9.17, 15) is 34.5 Å². The van der Waals surface area contributed by atoms with Gasteiger partial charge in [0, 0.05) is 0 Å². The van der Waals surface area contributed by atoms with E-state index in [0.29, 0.717) is 5.56 Å². The molecule has 11 heteroatoms. The van der Waals surface area contributed by atoms with Crippen LogP contribution in [0.5, 0.6) is 5.75 Å². The lowest BCUT2D eigenvalue weighted by Crippen LogP contribution is -2.59. The number of aliphatic hydroxyl groups is 1. The fourth-order valence-electron chi connectivity index (χ4n) is 3.19. The molecule has 3 amide bonds. The van der Waals surface area contributed by atoms with Gasteiger partial charge in [0.15, 0.2) is 0 Å². The number of aliphatic carboxylic acids is 1. The number of hydrogen-bond donors (Lipinski definition) is 7. The molecule has 0 heterocycles. The van der Waals surface area contributed by atoms with E-state index in [0.717, 1.165) is 0 Å². The number of phenols is 1. The Kier molecular flexibility index (Phi) is 11.5. The van der Waals surface area contributed by atoms with Gasteiger partial charge in [-0.1, -0.05) is 39.8 Å². The van der Waals surface area contributed by atoms with Crippen LogP contribution in [0.25, 0.3) is 0 Å². The minimum atomic E-state index is -1.36. The third-order valence-electron chi connectivity index (χ3n) is 5.11. The SMILES string of the molecule is CC(C)CC(NC(=O)C(NC(=O)C(CO)NC(=O)C(N)Cc1ccc(O)cc1)C(C)C)C(=O)O. The van der Waals surface area contributed by atoms with Crippen molar-refractivity contribution < 1.29 is 34.5 Å². The van der Waals surface area contributed by atoms with Crippen LogP contribution in [0, 0.1) is 11.8 Å². The Morgan fingerprint density at radius 2 is 1.44 bits per heavy atom. The number of carboxylic acid groups (broad SMARTS) is 1. The van der Waals surface area contributed by atoms with Crippen LogP contribution in [0.2, 0.25) is 0 Å². The Balaban J connectivity index is 2.80. The minimum absolute atomic E-state index is 0.0215. The average Bonchev–Trinajstić information content (AvgIpc) is 2.75. The molecule has 1 aromatic carbocycles. The fourth-order valence-corrected chi connectivity index (χ4v) is 3.19. The van der Waals surface area contributed by atoms with Crippen molar-refractivity contribution in [3.05, 3.63) is 29.8 Å². The van der Waals surface area contributed by atoms with Crippen molar-refractivity contribution in [1.82, 2.24) is 16.0 Å². The van der Waals surface area contributed by atoms with E-state index in [2.05, 4.69) is 16.0 Å². The van der Waals surface area contributed by atoms with Gasteiger partial charge in [-0.3, -0.25) is 14.4 Å². The molecule has 1 aromatic rings. The molecule has 0 aliphatic heterocycles. The van der Waals surface area contributed by atoms with Crippen molar-refractivity contribution >= 4 is 23.7 Å². The van der Waals surface area contributed by atoms with Crippen LogP contribution in [0.15, 0.2) is 24.3 Å². The van der Waals surface area contributed by atoms with Gasteiger partial charge in [-0.25, -0.2) is 4.79 Å². The predicted octanol–water partition coefficient (Wildman–Crippen LogP) is -0.505. The van der Waals surface area contributed by atoms with Crippen molar-refractivity contribution in [2.75, 3.05) is 6.61 Å². The number of amides is 3. The summed E-state index contributed by atoms with van der Waals surface area (Å²) in [5.74, 6) is -3.66. The van der Waals surface area contributed by atoms with Gasteiger partial charge in [0.05, 0.1) is 12.6 Å². The van der Waals surface area contributed by atoms with Gasteiger partial charge in [0.2, 0.25) is 17.7 Å². The molecule has 190 valence electrons. The highest BCUT2D eigenvalue weighted by atomic mass is 16.4. The molecule has 0 fully saturated rings. The lowest BCUT2D eigenvalue weighted by molar-refractivity contribution is -0.143. The van der Waals surface area contributed by atoms with Crippen LogP contribution < -0.4 is 21.7 Å². The van der Waals surface area contributed by atoms with Crippen molar-refractivity contribution in [2.24, 2.45) is 17.6 Å². The molecule has 0 radical (unpaired) electrons. The van der Waals surface area contributed by atoms with Gasteiger partial charge in [-0.2, -0.15) is 0 Å². The van der Waals surface area contributed by atoms with E-state index in [1.54, 1.807) is 26.0 Å². The van der Waals surface area contributed by atoms with Crippen LogP contribution in [0.3, 0.4) is 0 Å². The first-order valence-electron chi connectivity index (χ1n) is 11.1. The fraction of sp³-hybridized carbons (Fsp3) is 0.565. The Labute approximate surface area is 199 Å². The molecule has 0 spiro atoms. The van der Waals surface area contributed by atoms with E-state index in [4.69, 9.17) is 5.73 Å². The summed E-state index contributed by atoms with van der Waals surface area (Å²) in [4.78, 5) is 49.3. The molecule has 0 saturated carbocycles. The molecule has 0 aromatic heterocycles. The number of carbonyl (C=O) groups excluding carboxylic acids is 3. The molecule has 11 nitrogen and oxygen atoms in total. The number of benzene rings is 1. The second-order valence-corrected chi connectivity index (χ2v) is 8.98. The summed E-state index contributed by atoms with van der Waals surface area (Å²) in [7, 11) is 0. The number of carboxylic acids is 1. The van der Waals surface area contributed by atoms with E-state index in [-0.39, 0.29) is 24.5 Å². The molecule has 8 N–H and O–H groups in total. The molecule has 4 unspecified atom stereocenters. The third kappa shape index (κ3) is 9.36. The highest BCUT2D eigenvalue weighted by Crippen LogP contribution is 2.11. The Morgan fingerprint density at radius 3 is 1.91 bits per heavy atom. The maximum Gasteiger partial charge on any atom is 0.326 e. The smallest absolute Gasteiger partial charge is 0.326 e. The van der Waals surface area contributed by atoms with Crippen LogP contribution in [0.4, 0.5) is 0 Å². The van der Waals surface area contributed by atoms with Crippen LogP contribution >= 0.6 is 0 Å². The molecule has 4 atom stereocenters. The average molecular weight is 481 g/mol. The summed E-state index contributed by atoms with van der Waals surface area (Å²) in [5.41, 5.74) is 6.59. The zero-order valence-corrected chi connectivity index (χ0v) is 19.9. The molecular formula is C23H36N4O7. The summed E-state index contributed by atoms with van der Waals surface area (Å²) >= 11 is 0. The van der Waals surface area contributed by atoms with Crippen molar-refractivity contribution in [1.29, 1.82) is 0 Å². The van der Waals surface area contributed by atoms with E-state index in [1.807, 2.05) is 13.8 Å². The van der Waals surface area contributed by atoms with Gasteiger partial charge in [-0.05, 0) is 42.4 Å². The third-order valence-corrected chi connectivity index (χ3v) is 5.11. The first-order valence-corrected chi connectivity index (χ1v) is 11.1. The highest BCUT2D eigenvalue weighted by molar-refractivity contribution is 5.94. The van der Waals surface area contributed by atoms with E-state index >= 15 is 0 Å². The standard InChI is InChI=1S/C23H36N4O7/c1-12(2)9-17(23(33)34)25-22(32)19(13(3)4)27-21(31)18(11-28)26-20(30)16(24)10-14-5-7-15(29)8-6-14/h5-8,12-13,16-19,28-29H,9-11,24H2,1-4H3,(H,25,32)(H,26,30)(H,27,31)(H,33,34). The number of phenolic OH excluding ortho intramolecular Hbond substituents is 1. The maximum atomic E-state index is 12.7. The summed E-state index contributed by atoms with van der Waals surface area (Å²) in [6.45, 7) is 6.25. The molecule has 0 saturated heterocycles. The quantitative estimate of drug-likeness (QED) is 0.196. The number of hydrogen-bond acceptors (Lipinski definition) is 7. The predicted molar refractivity (Wildman–Crippen MR) is 125 cm³/mol. The van der Waals surface area contributed by atoms with Gasteiger partial charge in [-0.15, -0.1) is 0 Å². The summed E-state index contributed by atoms with van der Waals surface area (Å²) in [6, 6.07) is 1.53. The van der Waals surface area contributed by atoms with Gasteiger partial charge in [0.1, 0.15) is 23.9 Å². The molecule has 1 rings (SSSR count). The summed E-state index contributed by atoms with van der Waals surface area (Å²) in [6.07, 6.45) is 0.351. The Bertz CT molecular complexity index is 842. The molecule has 0 aliphatic rings. The lowest BCUT2D eigenvalue weighted by atomic mass is 10.00. The molecule has 0 bridgehead atoms. The van der Waals surface area contributed by atoms with Crippen LogP contribution in [-0.4, -0.2) is 69.8 Å². The zero-order valence-electron chi connectivity index (χ0n) is 19.9. The number of aliphatic hydroxyl groups excluding tert-OH is 1. The normalized spacial score (nSPS) is 14.7. The molecule has 34 heavy (non-hydrogen) atoms. The lowest BCUT2D eigenvalue weighted by Gasteiger charge is -2.26. The van der Waals surface area contributed by atoms with Crippen LogP contribution in [0.1, 0.15) is 39.7 Å². The maximum absolute atomic E-state index is 12.7. The first kappa shape index (κ1) is 28.9. The first-order chi connectivity index (χ1) is 15.8. The largest absolute Gasteiger partial charge is 0.508 e. The Morgan fingerprint density at radius 1 is 0.882 bits per heavy atom. The number of nitrogens with one attached hydrogen (secondary N) is 3. The van der Waals surface area contributed by atoms with Gasteiger partial charge >= 0.3 is 5.97 Å². The van der Waals surface area contributed by atoms with Crippen molar-refractivity contribution in [3.8, 4) is 5.75 Å². The topological polar surface area (TPSA) is 191 Å².